The molecule has 1 amide bonds. The number of aliphatic hydroxyl groups is 1. The van der Waals surface area contributed by atoms with Gasteiger partial charge in [-0.05, 0) is 6.92 Å². The van der Waals surface area contributed by atoms with Gasteiger partial charge in [-0.2, -0.15) is 13.2 Å². The summed E-state index contributed by atoms with van der Waals surface area (Å²) in [4.78, 5) is 12.0. The molecule has 0 aromatic rings. The number of amides is 1. The zero-order valence-electron chi connectivity index (χ0n) is 9.11. The third-order valence-electron chi connectivity index (χ3n) is 1.98. The fourth-order valence-corrected chi connectivity index (χ4v) is 1.09. The SMILES string of the molecule is CC(C(=O)N(CCO)CC(F)(F)F)C(N)=NO. The average Bonchev–Trinajstić information content (AvgIpc) is 2.23. The van der Waals surface area contributed by atoms with Crippen LogP contribution >= 0.6 is 0 Å². The van der Waals surface area contributed by atoms with Crippen LogP contribution in [0.1, 0.15) is 6.92 Å². The fraction of sp³-hybridized carbons (Fsp3) is 0.750. The topological polar surface area (TPSA) is 99.2 Å². The molecule has 4 N–H and O–H groups in total. The Bertz CT molecular complexity index is 293. The molecule has 0 spiro atoms. The van der Waals surface area contributed by atoms with Crippen molar-refractivity contribution < 1.29 is 28.3 Å². The maximum Gasteiger partial charge on any atom is 0.406 e. The normalized spacial score (nSPS) is 14.5. The number of rotatable bonds is 5. The molecule has 100 valence electrons. The lowest BCUT2D eigenvalue weighted by atomic mass is 10.1. The number of aliphatic hydroxyl groups excluding tert-OH is 1. The molecule has 1 unspecified atom stereocenters. The average molecular weight is 257 g/mol. The Kier molecular flexibility index (Phi) is 5.72. The highest BCUT2D eigenvalue weighted by atomic mass is 19.4. The van der Waals surface area contributed by atoms with Gasteiger partial charge in [0.15, 0.2) is 5.84 Å². The maximum absolute atomic E-state index is 12.1. The summed E-state index contributed by atoms with van der Waals surface area (Å²) < 4.78 is 36.4. The summed E-state index contributed by atoms with van der Waals surface area (Å²) in [6.07, 6.45) is -4.57. The number of amidine groups is 1. The molecule has 0 radical (unpaired) electrons. The van der Waals surface area contributed by atoms with Crippen molar-refractivity contribution >= 4 is 11.7 Å². The van der Waals surface area contributed by atoms with Crippen molar-refractivity contribution in [3.05, 3.63) is 0 Å². The van der Waals surface area contributed by atoms with Gasteiger partial charge in [-0.25, -0.2) is 0 Å². The molecule has 17 heavy (non-hydrogen) atoms. The Morgan fingerprint density at radius 1 is 1.53 bits per heavy atom. The number of hydrogen-bond donors (Lipinski definition) is 3. The van der Waals surface area contributed by atoms with Crippen LogP contribution in [0.25, 0.3) is 0 Å². The molecule has 0 bridgehead atoms. The van der Waals surface area contributed by atoms with E-state index < -0.39 is 43.5 Å². The van der Waals surface area contributed by atoms with E-state index in [1.165, 1.54) is 6.92 Å². The summed E-state index contributed by atoms with van der Waals surface area (Å²) in [5.74, 6) is -2.64. The third-order valence-corrected chi connectivity index (χ3v) is 1.98. The Morgan fingerprint density at radius 2 is 2.06 bits per heavy atom. The highest BCUT2D eigenvalue weighted by Gasteiger charge is 2.34. The number of alkyl halides is 3. The van der Waals surface area contributed by atoms with Gasteiger partial charge >= 0.3 is 6.18 Å². The molecule has 0 aliphatic rings. The van der Waals surface area contributed by atoms with Crippen molar-refractivity contribution in [2.45, 2.75) is 13.1 Å². The molecule has 0 aromatic heterocycles. The molecule has 0 saturated carbocycles. The van der Waals surface area contributed by atoms with Gasteiger partial charge in [-0.3, -0.25) is 4.79 Å². The van der Waals surface area contributed by atoms with E-state index in [9.17, 15) is 18.0 Å². The van der Waals surface area contributed by atoms with E-state index >= 15 is 0 Å². The van der Waals surface area contributed by atoms with E-state index in [4.69, 9.17) is 16.0 Å². The van der Waals surface area contributed by atoms with E-state index in [0.29, 0.717) is 4.90 Å². The summed E-state index contributed by atoms with van der Waals surface area (Å²) in [7, 11) is 0. The van der Waals surface area contributed by atoms with Crippen LogP contribution in [-0.4, -0.2) is 52.8 Å². The van der Waals surface area contributed by atoms with Gasteiger partial charge in [0.1, 0.15) is 6.54 Å². The van der Waals surface area contributed by atoms with Crippen molar-refractivity contribution in [2.75, 3.05) is 19.7 Å². The second kappa shape index (κ2) is 6.28. The second-order valence-corrected chi connectivity index (χ2v) is 3.35. The van der Waals surface area contributed by atoms with Crippen LogP contribution in [0.5, 0.6) is 0 Å². The lowest BCUT2D eigenvalue weighted by Crippen LogP contribution is -2.46. The van der Waals surface area contributed by atoms with Crippen molar-refractivity contribution in [3.8, 4) is 0 Å². The zero-order valence-corrected chi connectivity index (χ0v) is 9.11. The van der Waals surface area contributed by atoms with E-state index in [-0.39, 0.29) is 0 Å². The lowest BCUT2D eigenvalue weighted by Gasteiger charge is -2.25. The molecule has 0 aliphatic carbocycles. The van der Waals surface area contributed by atoms with Gasteiger partial charge < -0.3 is 20.9 Å². The van der Waals surface area contributed by atoms with Crippen LogP contribution in [0.2, 0.25) is 0 Å². The van der Waals surface area contributed by atoms with Gasteiger partial charge in [-0.15, -0.1) is 0 Å². The molecule has 9 heteroatoms. The first kappa shape index (κ1) is 15.5. The van der Waals surface area contributed by atoms with Crippen LogP contribution in [0.3, 0.4) is 0 Å². The fourth-order valence-electron chi connectivity index (χ4n) is 1.09. The summed E-state index contributed by atoms with van der Waals surface area (Å²) in [5.41, 5.74) is 5.12. The number of carbonyl (C=O) groups excluding carboxylic acids is 1. The largest absolute Gasteiger partial charge is 0.409 e. The smallest absolute Gasteiger partial charge is 0.406 e. The molecule has 1 atom stereocenters. The Morgan fingerprint density at radius 3 is 2.41 bits per heavy atom. The van der Waals surface area contributed by atoms with Crippen LogP contribution < -0.4 is 5.73 Å². The van der Waals surface area contributed by atoms with Gasteiger partial charge in [0, 0.05) is 6.54 Å². The molecule has 0 aliphatic heterocycles. The maximum atomic E-state index is 12.1. The van der Waals surface area contributed by atoms with Crippen molar-refractivity contribution in [2.24, 2.45) is 16.8 Å². The molecule has 0 heterocycles. The molecule has 6 nitrogen and oxygen atoms in total. The Labute approximate surface area is 95.5 Å². The van der Waals surface area contributed by atoms with Crippen molar-refractivity contribution in [1.82, 2.24) is 4.90 Å². The summed E-state index contributed by atoms with van der Waals surface area (Å²) >= 11 is 0. The predicted molar refractivity (Wildman–Crippen MR) is 52.3 cm³/mol. The quantitative estimate of drug-likeness (QED) is 0.274. The van der Waals surface area contributed by atoms with Crippen LogP contribution in [-0.2, 0) is 4.79 Å². The van der Waals surface area contributed by atoms with E-state index in [2.05, 4.69) is 5.16 Å². The molecule has 0 saturated heterocycles. The number of halogens is 3. The minimum Gasteiger partial charge on any atom is -0.409 e. The summed E-state index contributed by atoms with van der Waals surface area (Å²) in [6, 6.07) is 0. The Balaban J connectivity index is 4.76. The molecule has 0 rings (SSSR count). The number of oxime groups is 1. The van der Waals surface area contributed by atoms with Crippen LogP contribution in [0.15, 0.2) is 5.16 Å². The first-order valence-electron chi connectivity index (χ1n) is 4.66. The zero-order chi connectivity index (χ0) is 13.6. The number of hydrogen-bond acceptors (Lipinski definition) is 4. The van der Waals surface area contributed by atoms with Crippen LogP contribution in [0, 0.1) is 5.92 Å². The second-order valence-electron chi connectivity index (χ2n) is 3.35. The monoisotopic (exact) mass is 257 g/mol. The first-order valence-corrected chi connectivity index (χ1v) is 4.66. The van der Waals surface area contributed by atoms with Crippen molar-refractivity contribution in [1.29, 1.82) is 0 Å². The van der Waals surface area contributed by atoms with Crippen molar-refractivity contribution in [3.63, 3.8) is 0 Å². The molecule has 0 fully saturated rings. The third kappa shape index (κ3) is 5.38. The standard InChI is InChI=1S/C8H14F3N3O3/c1-5(6(12)13-17)7(16)14(2-3-15)4-8(9,10)11/h5,15,17H,2-4H2,1H3,(H2,12,13). The van der Waals surface area contributed by atoms with E-state index in [1.54, 1.807) is 0 Å². The minimum absolute atomic E-state index is 0.405. The van der Waals surface area contributed by atoms with Gasteiger partial charge in [0.05, 0.1) is 12.5 Å². The highest BCUT2D eigenvalue weighted by Crippen LogP contribution is 2.17. The van der Waals surface area contributed by atoms with E-state index in [1.807, 2.05) is 0 Å². The predicted octanol–water partition coefficient (Wildman–Crippen LogP) is -0.248. The highest BCUT2D eigenvalue weighted by molar-refractivity contribution is 6.01. The number of nitrogens with two attached hydrogens (primary N) is 1. The number of nitrogens with zero attached hydrogens (tertiary/aromatic N) is 2. The summed E-state index contributed by atoms with van der Waals surface area (Å²) in [6.45, 7) is -1.36. The van der Waals surface area contributed by atoms with Gasteiger partial charge in [0.2, 0.25) is 5.91 Å². The molecule has 0 aromatic carbocycles. The van der Waals surface area contributed by atoms with Gasteiger partial charge in [0.25, 0.3) is 0 Å². The van der Waals surface area contributed by atoms with E-state index in [0.717, 1.165) is 0 Å². The minimum atomic E-state index is -4.57. The van der Waals surface area contributed by atoms with Gasteiger partial charge in [-0.1, -0.05) is 5.16 Å². The summed E-state index contributed by atoms with van der Waals surface area (Å²) in [5, 5.41) is 19.5. The van der Waals surface area contributed by atoms with Crippen LogP contribution in [0.4, 0.5) is 13.2 Å². The first-order chi connectivity index (χ1) is 7.72. The lowest BCUT2D eigenvalue weighted by molar-refractivity contribution is -0.163. The Hall–Kier alpha value is -1.51. The molecular formula is C8H14F3N3O3. The number of carbonyl (C=O) groups is 1. The molecular weight excluding hydrogens is 243 g/mol.